The van der Waals surface area contributed by atoms with Crippen molar-refractivity contribution in [3.63, 3.8) is 0 Å². The zero-order valence-corrected chi connectivity index (χ0v) is 10.0. The number of hydrogen-bond donors (Lipinski definition) is 4. The van der Waals surface area contributed by atoms with Crippen molar-refractivity contribution in [3.8, 4) is 0 Å². The first-order chi connectivity index (χ1) is 7.72. The van der Waals surface area contributed by atoms with E-state index in [0.717, 1.165) is 0 Å². The van der Waals surface area contributed by atoms with E-state index >= 15 is 0 Å². The Hall–Kier alpha value is -2.18. The van der Waals surface area contributed by atoms with Gasteiger partial charge in [-0.25, -0.2) is 9.97 Å². The maximum Gasteiger partial charge on any atom is 0.267 e. The predicted molar refractivity (Wildman–Crippen MR) is 65.8 cm³/mol. The fourth-order valence-electron chi connectivity index (χ4n) is 1.22. The van der Waals surface area contributed by atoms with Gasteiger partial charge in [-0.2, -0.15) is 0 Å². The van der Waals surface area contributed by atoms with Gasteiger partial charge in [0.25, 0.3) is 5.91 Å². The number of amides is 1. The van der Waals surface area contributed by atoms with E-state index in [4.69, 9.17) is 16.9 Å². The summed E-state index contributed by atoms with van der Waals surface area (Å²) in [6.07, 6.45) is 1.27. The Kier molecular flexibility index (Phi) is 3.31. The Morgan fingerprint density at radius 1 is 1.41 bits per heavy atom. The average molecular weight is 236 g/mol. The summed E-state index contributed by atoms with van der Waals surface area (Å²) in [4.78, 5) is 18.8. The molecule has 1 amide bonds. The number of nitrogens with one attached hydrogen (secondary N) is 2. The molecule has 0 fully saturated rings. The lowest BCUT2D eigenvalue weighted by molar-refractivity contribution is -0.112. The van der Waals surface area contributed by atoms with Crippen LogP contribution in [0, 0.1) is 5.41 Å². The Labute approximate surface area is 99.1 Å². The van der Waals surface area contributed by atoms with Gasteiger partial charge in [-0.15, -0.1) is 0 Å². The molecular formula is C10H16N6O. The number of primary amides is 1. The number of nitrogen functional groups attached to an aromatic ring is 1. The Morgan fingerprint density at radius 2 is 2.00 bits per heavy atom. The van der Waals surface area contributed by atoms with Crippen LogP contribution in [0.25, 0.3) is 0 Å². The fourth-order valence-corrected chi connectivity index (χ4v) is 1.22. The van der Waals surface area contributed by atoms with Gasteiger partial charge in [0, 0.05) is 5.54 Å². The second-order valence-corrected chi connectivity index (χ2v) is 4.60. The van der Waals surface area contributed by atoms with Crippen molar-refractivity contribution < 1.29 is 4.79 Å². The van der Waals surface area contributed by atoms with E-state index in [1.54, 1.807) is 0 Å². The average Bonchev–Trinajstić information content (AvgIpc) is 2.14. The summed E-state index contributed by atoms with van der Waals surface area (Å²) >= 11 is 0. The lowest BCUT2D eigenvalue weighted by Crippen LogP contribution is -2.31. The first-order valence-corrected chi connectivity index (χ1v) is 5.00. The molecule has 1 rings (SSSR count). The van der Waals surface area contributed by atoms with Crippen LogP contribution in [0.1, 0.15) is 26.3 Å². The highest BCUT2D eigenvalue weighted by molar-refractivity contribution is 6.45. The molecule has 0 aliphatic rings. The lowest BCUT2D eigenvalue weighted by atomic mass is 10.1. The summed E-state index contributed by atoms with van der Waals surface area (Å²) in [6.45, 7) is 5.76. The maximum absolute atomic E-state index is 11.0. The molecule has 0 unspecified atom stereocenters. The van der Waals surface area contributed by atoms with Gasteiger partial charge in [0.1, 0.15) is 23.7 Å². The van der Waals surface area contributed by atoms with Gasteiger partial charge in [0.15, 0.2) is 0 Å². The van der Waals surface area contributed by atoms with E-state index in [-0.39, 0.29) is 16.9 Å². The van der Waals surface area contributed by atoms with Gasteiger partial charge in [0.05, 0.1) is 5.56 Å². The van der Waals surface area contributed by atoms with Gasteiger partial charge in [-0.05, 0) is 20.8 Å². The molecule has 0 saturated heterocycles. The minimum absolute atomic E-state index is 0.0514. The van der Waals surface area contributed by atoms with Crippen molar-refractivity contribution in [3.05, 3.63) is 11.9 Å². The highest BCUT2D eigenvalue weighted by Crippen LogP contribution is 2.21. The molecule has 92 valence electrons. The molecule has 0 aliphatic carbocycles. The first kappa shape index (κ1) is 12.9. The molecule has 0 saturated carbocycles. The fraction of sp³-hybridized carbons (Fsp3) is 0.400. The van der Waals surface area contributed by atoms with Crippen molar-refractivity contribution in [1.29, 1.82) is 5.41 Å². The van der Waals surface area contributed by atoms with E-state index in [2.05, 4.69) is 15.3 Å². The molecule has 0 aromatic carbocycles. The van der Waals surface area contributed by atoms with Crippen LogP contribution in [0.2, 0.25) is 0 Å². The smallest absolute Gasteiger partial charge is 0.267 e. The third-order valence-corrected chi connectivity index (χ3v) is 1.87. The minimum atomic E-state index is -0.872. The predicted octanol–water partition coefficient (Wildman–Crippen LogP) is 0.122. The normalized spacial score (nSPS) is 11.0. The van der Waals surface area contributed by atoms with Crippen molar-refractivity contribution in [2.45, 2.75) is 26.3 Å². The van der Waals surface area contributed by atoms with Crippen LogP contribution in [0.3, 0.4) is 0 Å². The van der Waals surface area contributed by atoms with Crippen molar-refractivity contribution in [2.24, 2.45) is 5.73 Å². The molecule has 1 aromatic rings. The summed E-state index contributed by atoms with van der Waals surface area (Å²) in [7, 11) is 0. The van der Waals surface area contributed by atoms with Crippen LogP contribution in [-0.4, -0.2) is 27.1 Å². The molecule has 7 heteroatoms. The van der Waals surface area contributed by atoms with E-state index in [1.807, 2.05) is 20.8 Å². The number of carbonyl (C=O) groups is 1. The van der Waals surface area contributed by atoms with Crippen LogP contribution in [-0.2, 0) is 4.79 Å². The molecule has 1 heterocycles. The van der Waals surface area contributed by atoms with E-state index in [9.17, 15) is 4.79 Å². The number of anilines is 2. The summed E-state index contributed by atoms with van der Waals surface area (Å²) in [5, 5.41) is 10.6. The lowest BCUT2D eigenvalue weighted by Gasteiger charge is -2.23. The van der Waals surface area contributed by atoms with E-state index in [1.165, 1.54) is 6.33 Å². The maximum atomic E-state index is 11.0. The number of hydrogen-bond acceptors (Lipinski definition) is 6. The Bertz CT molecular complexity index is 462. The molecule has 17 heavy (non-hydrogen) atoms. The SMILES string of the molecule is CC(C)(C)Nc1ncnc(N)c1C(=N)C(N)=O. The zero-order valence-electron chi connectivity index (χ0n) is 10.0. The summed E-state index contributed by atoms with van der Waals surface area (Å²) in [6, 6.07) is 0. The standard InChI is InChI=1S/C10H16N6O/c1-10(2,3)16-9-5(6(11)8(13)17)7(12)14-4-15-9/h4,11H,1-3H3,(H2,13,17)(H3,12,14,15,16). The summed E-state index contributed by atoms with van der Waals surface area (Å²) in [5.41, 5.74) is 10.1. The number of carbonyl (C=O) groups excluding carboxylic acids is 1. The van der Waals surface area contributed by atoms with Gasteiger partial charge >= 0.3 is 0 Å². The summed E-state index contributed by atoms with van der Waals surface area (Å²) in [5.74, 6) is -0.493. The van der Waals surface area contributed by atoms with E-state index < -0.39 is 11.6 Å². The number of nitrogens with zero attached hydrogens (tertiary/aromatic N) is 2. The van der Waals surface area contributed by atoms with Gasteiger partial charge in [-0.3, -0.25) is 10.2 Å². The molecule has 6 N–H and O–H groups in total. The van der Waals surface area contributed by atoms with Crippen molar-refractivity contribution in [2.75, 3.05) is 11.1 Å². The molecule has 0 aliphatic heterocycles. The third-order valence-electron chi connectivity index (χ3n) is 1.87. The van der Waals surface area contributed by atoms with Crippen LogP contribution in [0.4, 0.5) is 11.6 Å². The van der Waals surface area contributed by atoms with Crippen molar-refractivity contribution >= 4 is 23.3 Å². The topological polar surface area (TPSA) is 131 Å². The number of rotatable bonds is 3. The molecule has 0 atom stereocenters. The second-order valence-electron chi connectivity index (χ2n) is 4.60. The molecule has 0 radical (unpaired) electrons. The third kappa shape index (κ3) is 3.13. The molecule has 0 bridgehead atoms. The quantitative estimate of drug-likeness (QED) is 0.554. The van der Waals surface area contributed by atoms with Crippen LogP contribution >= 0.6 is 0 Å². The first-order valence-electron chi connectivity index (χ1n) is 5.00. The van der Waals surface area contributed by atoms with Gasteiger partial charge < -0.3 is 16.8 Å². The van der Waals surface area contributed by atoms with Crippen LogP contribution in [0.15, 0.2) is 6.33 Å². The highest BCUT2D eigenvalue weighted by atomic mass is 16.1. The zero-order chi connectivity index (χ0) is 13.2. The number of nitrogens with two attached hydrogens (primary N) is 2. The second kappa shape index (κ2) is 4.36. The van der Waals surface area contributed by atoms with Gasteiger partial charge in [0.2, 0.25) is 0 Å². The Morgan fingerprint density at radius 3 is 2.47 bits per heavy atom. The highest BCUT2D eigenvalue weighted by Gasteiger charge is 2.21. The molecule has 7 nitrogen and oxygen atoms in total. The molecule has 0 spiro atoms. The molecule has 1 aromatic heterocycles. The van der Waals surface area contributed by atoms with Crippen molar-refractivity contribution in [1.82, 2.24) is 9.97 Å². The van der Waals surface area contributed by atoms with Crippen LogP contribution < -0.4 is 16.8 Å². The van der Waals surface area contributed by atoms with Crippen LogP contribution in [0.5, 0.6) is 0 Å². The molecular weight excluding hydrogens is 220 g/mol. The monoisotopic (exact) mass is 236 g/mol. The Balaban J connectivity index is 3.27. The van der Waals surface area contributed by atoms with E-state index in [0.29, 0.717) is 5.82 Å². The van der Waals surface area contributed by atoms with Gasteiger partial charge in [-0.1, -0.05) is 0 Å². The largest absolute Gasteiger partial charge is 0.383 e. The minimum Gasteiger partial charge on any atom is -0.383 e. The summed E-state index contributed by atoms with van der Waals surface area (Å²) < 4.78 is 0. The number of aromatic nitrogens is 2.